The molecule has 9 heteroatoms. The van der Waals surface area contributed by atoms with Crippen molar-refractivity contribution in [2.75, 3.05) is 38.6 Å². The van der Waals surface area contributed by atoms with E-state index in [-0.39, 0.29) is 49.3 Å². The fraction of sp³-hybridized carbons (Fsp3) is 0.917. The fourth-order valence-electron chi connectivity index (χ4n) is 2.07. The van der Waals surface area contributed by atoms with Gasteiger partial charge >= 0.3 is 0 Å². The third-order valence-corrected chi connectivity index (χ3v) is 4.79. The minimum Gasteiger partial charge on any atom is -0.381 e. The number of sulfonamides is 1. The van der Waals surface area contributed by atoms with Crippen molar-refractivity contribution in [3.8, 4) is 0 Å². The van der Waals surface area contributed by atoms with Gasteiger partial charge in [0.05, 0.1) is 18.9 Å². The van der Waals surface area contributed by atoms with Crippen molar-refractivity contribution in [1.29, 1.82) is 0 Å². The van der Waals surface area contributed by atoms with Crippen LogP contribution in [0, 0.1) is 0 Å². The fourth-order valence-corrected chi connectivity index (χ4v) is 2.89. The molecule has 1 heterocycles. The van der Waals surface area contributed by atoms with Crippen LogP contribution in [0.2, 0.25) is 0 Å². The van der Waals surface area contributed by atoms with E-state index in [1.165, 1.54) is 0 Å². The van der Waals surface area contributed by atoms with Gasteiger partial charge in [-0.2, -0.15) is 0 Å². The van der Waals surface area contributed by atoms with Gasteiger partial charge in [-0.3, -0.25) is 4.79 Å². The van der Waals surface area contributed by atoms with E-state index in [4.69, 9.17) is 4.74 Å². The van der Waals surface area contributed by atoms with E-state index in [1.807, 2.05) is 13.8 Å². The second-order valence-electron chi connectivity index (χ2n) is 4.91. The molecule has 0 aliphatic carbocycles. The van der Waals surface area contributed by atoms with Crippen LogP contribution in [0.1, 0.15) is 20.8 Å². The summed E-state index contributed by atoms with van der Waals surface area (Å²) in [5.74, 6) is -0.312. The van der Waals surface area contributed by atoms with Gasteiger partial charge in [-0.15, -0.1) is 12.4 Å². The van der Waals surface area contributed by atoms with Crippen LogP contribution < -0.4 is 10.0 Å². The van der Waals surface area contributed by atoms with Gasteiger partial charge in [0.25, 0.3) is 0 Å². The molecule has 2 atom stereocenters. The Bertz CT molecular complexity index is 419. The zero-order valence-electron chi connectivity index (χ0n) is 12.8. The molecule has 0 saturated carbocycles. The first-order valence-corrected chi connectivity index (χ1v) is 8.60. The Kier molecular flexibility index (Phi) is 9.39. The van der Waals surface area contributed by atoms with Gasteiger partial charge in [-0.05, 0) is 20.8 Å². The molecule has 0 aromatic rings. The molecule has 0 radical (unpaired) electrons. The summed E-state index contributed by atoms with van der Waals surface area (Å²) in [6, 6.07) is 0.270. The van der Waals surface area contributed by atoms with Crippen LogP contribution >= 0.6 is 12.4 Å². The lowest BCUT2D eigenvalue weighted by molar-refractivity contribution is -0.133. The Morgan fingerprint density at radius 3 is 2.71 bits per heavy atom. The van der Waals surface area contributed by atoms with E-state index in [0.717, 1.165) is 6.54 Å². The molecule has 0 aromatic carbocycles. The summed E-state index contributed by atoms with van der Waals surface area (Å²) in [7, 11) is -3.46. The minimum absolute atomic E-state index is 0. The molecule has 1 saturated heterocycles. The van der Waals surface area contributed by atoms with Crippen molar-refractivity contribution in [1.82, 2.24) is 14.9 Å². The van der Waals surface area contributed by atoms with Crippen molar-refractivity contribution >= 4 is 28.3 Å². The summed E-state index contributed by atoms with van der Waals surface area (Å²) < 4.78 is 30.7. The van der Waals surface area contributed by atoms with Gasteiger partial charge in [0.15, 0.2) is 0 Å². The second kappa shape index (κ2) is 9.58. The average Bonchev–Trinajstić information content (AvgIpc) is 2.39. The normalized spacial score (nSPS) is 22.7. The number of rotatable bonds is 7. The maximum absolute atomic E-state index is 12.1. The van der Waals surface area contributed by atoms with Crippen LogP contribution in [0.25, 0.3) is 0 Å². The van der Waals surface area contributed by atoms with Gasteiger partial charge in [0.1, 0.15) is 0 Å². The van der Waals surface area contributed by atoms with Crippen molar-refractivity contribution in [3.05, 3.63) is 0 Å². The topological polar surface area (TPSA) is 87.7 Å². The lowest BCUT2D eigenvalue weighted by Gasteiger charge is -2.38. The molecule has 1 aliphatic heterocycles. The summed E-state index contributed by atoms with van der Waals surface area (Å²) in [4.78, 5) is 13.8. The largest absolute Gasteiger partial charge is 0.381 e. The second-order valence-corrected chi connectivity index (χ2v) is 6.83. The van der Waals surface area contributed by atoms with E-state index in [0.29, 0.717) is 13.2 Å². The quantitative estimate of drug-likeness (QED) is 0.613. The maximum Gasteiger partial charge on any atom is 0.237 e. The van der Waals surface area contributed by atoms with Gasteiger partial charge < -0.3 is 15.0 Å². The Hall–Kier alpha value is -0.410. The first-order valence-electron chi connectivity index (χ1n) is 6.95. The summed E-state index contributed by atoms with van der Waals surface area (Å²) in [5.41, 5.74) is 0. The summed E-state index contributed by atoms with van der Waals surface area (Å²) >= 11 is 0. The zero-order chi connectivity index (χ0) is 15.2. The van der Waals surface area contributed by atoms with Crippen LogP contribution in [0.4, 0.5) is 0 Å². The zero-order valence-corrected chi connectivity index (χ0v) is 14.4. The summed E-state index contributed by atoms with van der Waals surface area (Å²) in [5, 5.41) is 3.27. The Morgan fingerprint density at radius 1 is 1.43 bits per heavy atom. The standard InChI is InChI=1S/C12H25N3O4S.ClH/c1-4-19-7-8-20(17,18)14-9-12(16)15-6-5-13-10(2)11(15)3;/h10-11,13-14H,4-9H2,1-3H3;1H. The molecule has 126 valence electrons. The highest BCUT2D eigenvalue weighted by Gasteiger charge is 2.28. The van der Waals surface area contributed by atoms with E-state index >= 15 is 0 Å². The lowest BCUT2D eigenvalue weighted by atomic mass is 10.1. The highest BCUT2D eigenvalue weighted by atomic mass is 35.5. The third kappa shape index (κ3) is 6.92. The van der Waals surface area contributed by atoms with Gasteiger partial charge in [-0.25, -0.2) is 13.1 Å². The highest BCUT2D eigenvalue weighted by Crippen LogP contribution is 2.08. The average molecular weight is 344 g/mol. The SMILES string of the molecule is CCOCCS(=O)(=O)NCC(=O)N1CCNC(C)C1C.Cl. The van der Waals surface area contributed by atoms with Crippen LogP contribution in [0.3, 0.4) is 0 Å². The van der Waals surface area contributed by atoms with Crippen LogP contribution in [-0.4, -0.2) is 69.9 Å². The number of hydrogen-bond donors (Lipinski definition) is 2. The predicted molar refractivity (Wildman–Crippen MR) is 84.2 cm³/mol. The van der Waals surface area contributed by atoms with Gasteiger partial charge in [0, 0.05) is 31.8 Å². The van der Waals surface area contributed by atoms with Crippen LogP contribution in [0.5, 0.6) is 0 Å². The number of nitrogens with zero attached hydrogens (tertiary/aromatic N) is 1. The molecule has 1 fully saturated rings. The molecule has 21 heavy (non-hydrogen) atoms. The summed E-state index contributed by atoms with van der Waals surface area (Å²) in [6.45, 7) is 7.53. The first-order chi connectivity index (χ1) is 9.37. The Labute approximate surface area is 133 Å². The van der Waals surface area contributed by atoms with Crippen molar-refractivity contribution in [3.63, 3.8) is 0 Å². The molecule has 2 N–H and O–H groups in total. The van der Waals surface area contributed by atoms with Crippen LogP contribution in [-0.2, 0) is 19.6 Å². The molecule has 1 aliphatic rings. The van der Waals surface area contributed by atoms with Crippen molar-refractivity contribution < 1.29 is 17.9 Å². The number of piperazine rings is 1. The lowest BCUT2D eigenvalue weighted by Crippen LogP contribution is -2.58. The number of amides is 1. The summed E-state index contributed by atoms with van der Waals surface area (Å²) in [6.07, 6.45) is 0. The van der Waals surface area contributed by atoms with Crippen molar-refractivity contribution in [2.45, 2.75) is 32.9 Å². The van der Waals surface area contributed by atoms with Crippen molar-refractivity contribution in [2.24, 2.45) is 0 Å². The molecule has 0 bridgehead atoms. The predicted octanol–water partition coefficient (Wildman–Crippen LogP) is -0.427. The minimum atomic E-state index is -3.46. The first kappa shape index (κ1) is 20.6. The Morgan fingerprint density at radius 2 is 2.10 bits per heavy atom. The highest BCUT2D eigenvalue weighted by molar-refractivity contribution is 7.89. The molecule has 7 nitrogen and oxygen atoms in total. The number of hydrogen-bond acceptors (Lipinski definition) is 5. The molecule has 1 amide bonds. The third-order valence-electron chi connectivity index (χ3n) is 3.50. The molecular weight excluding hydrogens is 318 g/mol. The molecular formula is C12H26ClN3O4S. The smallest absolute Gasteiger partial charge is 0.237 e. The van der Waals surface area contributed by atoms with Gasteiger partial charge in [0.2, 0.25) is 15.9 Å². The van der Waals surface area contributed by atoms with Crippen LogP contribution in [0.15, 0.2) is 0 Å². The van der Waals surface area contributed by atoms with E-state index in [9.17, 15) is 13.2 Å². The molecule has 2 unspecified atom stereocenters. The van der Waals surface area contributed by atoms with E-state index in [2.05, 4.69) is 10.0 Å². The molecule has 0 spiro atoms. The number of carbonyl (C=O) groups excluding carboxylic acids is 1. The Balaban J connectivity index is 0.00000400. The molecule has 1 rings (SSSR count). The van der Waals surface area contributed by atoms with Gasteiger partial charge in [-0.1, -0.05) is 0 Å². The maximum atomic E-state index is 12.1. The molecule has 0 aromatic heterocycles. The number of ether oxygens (including phenoxy) is 1. The van der Waals surface area contributed by atoms with E-state index in [1.54, 1.807) is 11.8 Å². The number of nitrogens with one attached hydrogen (secondary N) is 2. The van der Waals surface area contributed by atoms with E-state index < -0.39 is 10.0 Å². The number of halogens is 1. The monoisotopic (exact) mass is 343 g/mol. The number of carbonyl (C=O) groups is 1.